The summed E-state index contributed by atoms with van der Waals surface area (Å²) >= 11 is 0. The molecule has 2 fully saturated rings. The van der Waals surface area contributed by atoms with Gasteiger partial charge < -0.3 is 20.3 Å². The van der Waals surface area contributed by atoms with E-state index in [2.05, 4.69) is 10.6 Å². The van der Waals surface area contributed by atoms with Crippen molar-refractivity contribution in [2.24, 2.45) is 5.92 Å². The van der Waals surface area contributed by atoms with Crippen LogP contribution in [0.2, 0.25) is 0 Å². The van der Waals surface area contributed by atoms with Gasteiger partial charge in [-0.25, -0.2) is 0 Å². The van der Waals surface area contributed by atoms with E-state index >= 15 is 0 Å². The van der Waals surface area contributed by atoms with E-state index in [0.717, 1.165) is 25.7 Å². The summed E-state index contributed by atoms with van der Waals surface area (Å²) in [5.74, 6) is -0.617. The lowest BCUT2D eigenvalue weighted by Crippen LogP contribution is -2.51. The van der Waals surface area contributed by atoms with Gasteiger partial charge in [0.15, 0.2) is 0 Å². The summed E-state index contributed by atoms with van der Waals surface area (Å²) in [5.41, 5.74) is 0.303. The third-order valence-electron chi connectivity index (χ3n) is 5.62. The predicted octanol–water partition coefficient (Wildman–Crippen LogP) is 1.73. The van der Waals surface area contributed by atoms with Gasteiger partial charge in [0, 0.05) is 31.3 Å². The van der Waals surface area contributed by atoms with Gasteiger partial charge in [-0.3, -0.25) is 14.4 Å². The van der Waals surface area contributed by atoms with Crippen molar-refractivity contribution in [3.8, 4) is 0 Å². The molecule has 29 heavy (non-hydrogen) atoms. The number of nitrogens with one attached hydrogen (secondary N) is 2. The Morgan fingerprint density at radius 3 is 2.66 bits per heavy atom. The van der Waals surface area contributed by atoms with Crippen LogP contribution in [0, 0.1) is 5.92 Å². The minimum absolute atomic E-state index is 0.0125. The lowest BCUT2D eigenvalue weighted by molar-refractivity contribution is -0.135. The summed E-state index contributed by atoms with van der Waals surface area (Å²) in [4.78, 5) is 39.1. The van der Waals surface area contributed by atoms with E-state index < -0.39 is 0 Å². The fraction of sp³-hybridized carbons (Fsp3) is 0.591. The molecule has 1 aromatic rings. The summed E-state index contributed by atoms with van der Waals surface area (Å²) in [6, 6.07) is 8.93. The van der Waals surface area contributed by atoms with Crippen LogP contribution in [0.5, 0.6) is 0 Å². The number of carbonyl (C=O) groups excluding carboxylic acids is 3. The van der Waals surface area contributed by atoms with Gasteiger partial charge in [-0.1, -0.05) is 18.2 Å². The standard InChI is InChI=1S/C22H31N3O4/c1-22(2)13-18(10-12-29-22)24-21(28)17-9-6-11-25(15-17)19(26)14-23-20(27)16-7-4-3-5-8-16/h3-5,7-8,17-18H,6,9-15H2,1-2H3,(H,23,27)(H,24,28)/t17-,18-/m1/s1. The summed E-state index contributed by atoms with van der Waals surface area (Å²) in [6.45, 7) is 5.68. The summed E-state index contributed by atoms with van der Waals surface area (Å²) in [6.07, 6.45) is 3.17. The summed E-state index contributed by atoms with van der Waals surface area (Å²) in [5, 5.41) is 5.82. The van der Waals surface area contributed by atoms with E-state index in [0.29, 0.717) is 25.3 Å². The molecule has 7 nitrogen and oxygen atoms in total. The normalized spacial score (nSPS) is 23.9. The van der Waals surface area contributed by atoms with Gasteiger partial charge in [0.2, 0.25) is 11.8 Å². The molecule has 158 valence electrons. The maximum Gasteiger partial charge on any atom is 0.251 e. The summed E-state index contributed by atoms with van der Waals surface area (Å²) < 4.78 is 5.71. The molecule has 3 amide bonds. The molecule has 3 rings (SSSR count). The van der Waals surface area contributed by atoms with Crippen LogP contribution in [0.4, 0.5) is 0 Å². The van der Waals surface area contributed by atoms with Crippen molar-refractivity contribution in [2.75, 3.05) is 26.2 Å². The number of piperidine rings is 1. The molecule has 0 spiro atoms. The first-order valence-electron chi connectivity index (χ1n) is 10.4. The molecule has 2 N–H and O–H groups in total. The molecule has 0 bridgehead atoms. The Morgan fingerprint density at radius 1 is 1.17 bits per heavy atom. The van der Waals surface area contributed by atoms with E-state index in [1.165, 1.54) is 0 Å². The first kappa shape index (κ1) is 21.3. The minimum atomic E-state index is -0.271. The lowest BCUT2D eigenvalue weighted by atomic mass is 9.92. The van der Waals surface area contributed by atoms with E-state index in [4.69, 9.17) is 4.74 Å². The van der Waals surface area contributed by atoms with Gasteiger partial charge in [0.05, 0.1) is 18.1 Å². The zero-order chi connectivity index (χ0) is 20.9. The van der Waals surface area contributed by atoms with Crippen LogP contribution in [-0.2, 0) is 14.3 Å². The lowest BCUT2D eigenvalue weighted by Gasteiger charge is -2.37. The Labute approximate surface area is 172 Å². The fourth-order valence-corrected chi connectivity index (χ4v) is 4.05. The van der Waals surface area contributed by atoms with Crippen molar-refractivity contribution in [1.82, 2.24) is 15.5 Å². The van der Waals surface area contributed by atoms with Gasteiger partial charge in [0.25, 0.3) is 5.91 Å². The second-order valence-electron chi connectivity index (χ2n) is 8.53. The number of carbonyl (C=O) groups is 3. The number of hydrogen-bond acceptors (Lipinski definition) is 4. The molecular formula is C22H31N3O4. The third-order valence-corrected chi connectivity index (χ3v) is 5.62. The van der Waals surface area contributed by atoms with E-state index in [-0.39, 0.29) is 41.8 Å². The van der Waals surface area contributed by atoms with E-state index in [9.17, 15) is 14.4 Å². The van der Waals surface area contributed by atoms with Gasteiger partial charge in [0.1, 0.15) is 0 Å². The maximum absolute atomic E-state index is 12.7. The van der Waals surface area contributed by atoms with Gasteiger partial charge >= 0.3 is 0 Å². The maximum atomic E-state index is 12.7. The Bertz CT molecular complexity index is 735. The number of nitrogens with zero attached hydrogens (tertiary/aromatic N) is 1. The molecule has 0 saturated carbocycles. The SMILES string of the molecule is CC1(C)C[C@H](NC(=O)[C@@H]2CCCN(C(=O)CNC(=O)c3ccccc3)C2)CCO1. The quantitative estimate of drug-likeness (QED) is 0.787. The van der Waals surface area contributed by atoms with Crippen molar-refractivity contribution < 1.29 is 19.1 Å². The average Bonchev–Trinajstić information content (AvgIpc) is 2.71. The van der Waals surface area contributed by atoms with Crippen molar-refractivity contribution in [2.45, 2.75) is 51.2 Å². The van der Waals surface area contributed by atoms with Gasteiger partial charge in [-0.15, -0.1) is 0 Å². The Hall–Kier alpha value is -2.41. The third kappa shape index (κ3) is 6.03. The molecule has 2 heterocycles. The molecule has 1 aromatic carbocycles. The Balaban J connectivity index is 1.47. The second-order valence-corrected chi connectivity index (χ2v) is 8.53. The molecular weight excluding hydrogens is 370 g/mol. The smallest absolute Gasteiger partial charge is 0.251 e. The van der Waals surface area contributed by atoms with Crippen LogP contribution in [0.15, 0.2) is 30.3 Å². The molecule has 0 aromatic heterocycles. The highest BCUT2D eigenvalue weighted by atomic mass is 16.5. The van der Waals surface area contributed by atoms with Crippen LogP contribution in [0.1, 0.15) is 49.9 Å². The van der Waals surface area contributed by atoms with Gasteiger partial charge in [-0.2, -0.15) is 0 Å². The molecule has 0 aliphatic carbocycles. The highest BCUT2D eigenvalue weighted by Gasteiger charge is 2.33. The van der Waals surface area contributed by atoms with Crippen molar-refractivity contribution in [3.05, 3.63) is 35.9 Å². The summed E-state index contributed by atoms with van der Waals surface area (Å²) in [7, 11) is 0. The molecule has 0 radical (unpaired) electrons. The number of rotatable bonds is 5. The van der Waals surface area contributed by atoms with Crippen LogP contribution >= 0.6 is 0 Å². The minimum Gasteiger partial charge on any atom is -0.375 e. The molecule has 2 aliphatic rings. The molecule has 2 aliphatic heterocycles. The van der Waals surface area contributed by atoms with Crippen molar-refractivity contribution >= 4 is 17.7 Å². The predicted molar refractivity (Wildman–Crippen MR) is 109 cm³/mol. The van der Waals surface area contributed by atoms with Crippen molar-refractivity contribution in [3.63, 3.8) is 0 Å². The van der Waals surface area contributed by atoms with Crippen LogP contribution in [0.3, 0.4) is 0 Å². The zero-order valence-corrected chi connectivity index (χ0v) is 17.3. The molecule has 2 saturated heterocycles. The molecule has 7 heteroatoms. The average molecular weight is 402 g/mol. The van der Waals surface area contributed by atoms with Crippen LogP contribution in [0.25, 0.3) is 0 Å². The fourth-order valence-electron chi connectivity index (χ4n) is 4.05. The van der Waals surface area contributed by atoms with Crippen LogP contribution < -0.4 is 10.6 Å². The van der Waals surface area contributed by atoms with Crippen LogP contribution in [-0.4, -0.2) is 60.5 Å². The second kappa shape index (κ2) is 9.39. The van der Waals surface area contributed by atoms with E-state index in [1.807, 2.05) is 19.9 Å². The number of ether oxygens (including phenoxy) is 1. The first-order valence-corrected chi connectivity index (χ1v) is 10.4. The Kier molecular flexibility index (Phi) is 6.90. The highest BCUT2D eigenvalue weighted by Crippen LogP contribution is 2.25. The van der Waals surface area contributed by atoms with E-state index in [1.54, 1.807) is 29.2 Å². The highest BCUT2D eigenvalue weighted by molar-refractivity contribution is 5.96. The Morgan fingerprint density at radius 2 is 1.93 bits per heavy atom. The topological polar surface area (TPSA) is 87.7 Å². The number of benzene rings is 1. The molecule has 2 atom stereocenters. The molecule has 0 unspecified atom stereocenters. The number of likely N-dealkylation sites (tertiary alicyclic amines) is 1. The largest absolute Gasteiger partial charge is 0.375 e. The van der Waals surface area contributed by atoms with Gasteiger partial charge in [-0.05, 0) is 51.7 Å². The number of amides is 3. The van der Waals surface area contributed by atoms with Crippen molar-refractivity contribution in [1.29, 1.82) is 0 Å². The number of hydrogen-bond donors (Lipinski definition) is 2. The zero-order valence-electron chi connectivity index (χ0n) is 17.3. The monoisotopic (exact) mass is 401 g/mol. The first-order chi connectivity index (χ1) is 13.8.